The van der Waals surface area contributed by atoms with Crippen molar-refractivity contribution in [3.05, 3.63) is 208 Å². The number of para-hydroxylation sites is 4. The van der Waals surface area contributed by atoms with Crippen LogP contribution in [-0.2, 0) is 6.42 Å². The summed E-state index contributed by atoms with van der Waals surface area (Å²) in [6.07, 6.45) is 29.5. The van der Waals surface area contributed by atoms with Crippen molar-refractivity contribution in [2.45, 2.75) is 238 Å². The van der Waals surface area contributed by atoms with E-state index in [1.807, 2.05) is 48.5 Å². The van der Waals surface area contributed by atoms with Crippen LogP contribution in [0.2, 0.25) is 0 Å². The maximum absolute atomic E-state index is 6.15. The highest BCUT2D eigenvalue weighted by Gasteiger charge is 2.34. The predicted octanol–water partition coefficient (Wildman–Crippen LogP) is 21.0. The maximum atomic E-state index is 6.15. The molecular formula is C96H132N10O4. The third-order valence-electron chi connectivity index (χ3n) is 21.1. The van der Waals surface area contributed by atoms with Gasteiger partial charge in [-0.1, -0.05) is 195 Å². The zero-order valence-electron chi connectivity index (χ0n) is 71.2. The number of hydrogen-bond donors (Lipinski definition) is 5. The van der Waals surface area contributed by atoms with E-state index in [1.54, 1.807) is 0 Å². The molecule has 4 aromatic heterocycles. The SMILES string of the molecule is C[C@H](CC(C)(C)C)NC1C=C2Cc3ccccc3C2=CN1C.C[C@H](CC(C)(C)C)NC1C=Cc2oc3ccccc3c2N1C.C[C@H](CC(C)(C)C)NC1C=c2c(oc3ccccc23)=CN1C.C[C@H](CC(C)(C)C)NC1c2c(oc3ccccc23)C=CN1C.C[C@H](CC(C)(C)C)NC1c2oc3ccccc3c2C=CN1C. The number of hydrogen-bond acceptors (Lipinski definition) is 14. The fourth-order valence-corrected chi connectivity index (χ4v) is 17.3. The number of furan rings is 4. The largest absolute Gasteiger partial charge is 0.457 e. The Morgan fingerprint density at radius 3 is 1.40 bits per heavy atom. The van der Waals surface area contributed by atoms with Crippen LogP contribution >= 0.6 is 0 Å². The normalized spacial score (nSPS) is 20.0. The lowest BCUT2D eigenvalue weighted by molar-refractivity contribution is 0.200. The van der Waals surface area contributed by atoms with Gasteiger partial charge in [-0.3, -0.25) is 26.6 Å². The van der Waals surface area contributed by atoms with Crippen LogP contribution in [-0.4, -0.2) is 104 Å². The van der Waals surface area contributed by atoms with Gasteiger partial charge in [0.1, 0.15) is 46.2 Å². The van der Waals surface area contributed by atoms with Gasteiger partial charge in [-0.15, -0.1) is 0 Å². The zero-order valence-corrected chi connectivity index (χ0v) is 71.2. The van der Waals surface area contributed by atoms with Crippen molar-refractivity contribution < 1.29 is 17.7 Å². The zero-order chi connectivity index (χ0) is 79.5. The molecule has 5 aliphatic heterocycles. The van der Waals surface area contributed by atoms with Gasteiger partial charge in [0.15, 0.2) is 11.2 Å². The van der Waals surface area contributed by atoms with Crippen LogP contribution in [0.25, 0.3) is 80.0 Å². The lowest BCUT2D eigenvalue weighted by Gasteiger charge is -2.34. The predicted molar refractivity (Wildman–Crippen MR) is 466 cm³/mol. The van der Waals surface area contributed by atoms with Crippen molar-refractivity contribution in [1.29, 1.82) is 0 Å². The number of allylic oxidation sites excluding steroid dienone is 2. The van der Waals surface area contributed by atoms with Crippen molar-refractivity contribution in [2.75, 3.05) is 40.1 Å². The van der Waals surface area contributed by atoms with Gasteiger partial charge in [0, 0.05) is 134 Å². The summed E-state index contributed by atoms with van der Waals surface area (Å²) in [6, 6.07) is 44.0. The molecule has 9 aromatic rings. The van der Waals surface area contributed by atoms with Gasteiger partial charge in [0.25, 0.3) is 0 Å². The fourth-order valence-electron chi connectivity index (χ4n) is 17.3. The first-order chi connectivity index (χ1) is 51.7. The van der Waals surface area contributed by atoms with E-state index >= 15 is 0 Å². The van der Waals surface area contributed by atoms with E-state index in [-0.39, 0.29) is 24.7 Å². The van der Waals surface area contributed by atoms with Crippen LogP contribution in [0.3, 0.4) is 0 Å². The second kappa shape index (κ2) is 33.8. The second-order valence-electron chi connectivity index (χ2n) is 38.4. The quantitative estimate of drug-likeness (QED) is 0.0668. The lowest BCUT2D eigenvalue weighted by atomic mass is 9.88. The van der Waals surface area contributed by atoms with Gasteiger partial charge in [-0.2, -0.15) is 0 Å². The fraction of sp³-hybridized carbons (Fsp3) is 0.479. The highest BCUT2D eigenvalue weighted by Crippen LogP contribution is 2.43. The standard InChI is InChI=1S/C20H28N2.4C19H26N2O/c1-14(12-20(2,3)4)21-19-11-16-10-15-8-6-7-9-17(15)18(16)13-22(19)5;1-13(11-19(2,3)4)20-18-10-15-14-8-6-7-9-16(14)22-17(15)12-21(18)5;1-13(12-19(2,3)4)20-18-17-15(10-11-21(18)5)14-8-6-7-9-16(14)22-17;1-13(12-19(2,3)4)20-18-17-14-8-6-7-9-15(14)22-16(17)10-11-21(18)5;1-13(12-19(2,3)4)20-17-11-10-16-18(21(17)5)14-8-6-7-9-15(14)22-16/h6-9,11,13-14,19,21H,10,12H2,1-5H3;6-10,12-13,18,20H,11H2,1-5H3;2*6-11,13,18,20H,12H2,1-5H3;6-11,13,17,20H,12H2,1-5H3/t14-,19?;3*13-,18?;13-,17?/m11111/s1. The summed E-state index contributed by atoms with van der Waals surface area (Å²) in [4.78, 5) is 11.2. The van der Waals surface area contributed by atoms with E-state index in [1.165, 1.54) is 72.3 Å². The number of nitrogens with zero attached hydrogens (tertiary/aromatic N) is 5. The molecule has 5 aromatic carbocycles. The Morgan fingerprint density at radius 2 is 0.827 bits per heavy atom. The Balaban J connectivity index is 0.000000136. The highest BCUT2D eigenvalue weighted by molar-refractivity contribution is 5.97. The minimum atomic E-state index is 0.0877. The molecule has 5 N–H and O–H groups in total. The maximum Gasteiger partial charge on any atom is 0.151 e. The van der Waals surface area contributed by atoms with Crippen molar-refractivity contribution in [3.63, 3.8) is 0 Å². The van der Waals surface area contributed by atoms with Crippen molar-refractivity contribution in [3.8, 4) is 0 Å². The first-order valence-corrected chi connectivity index (χ1v) is 40.4. The number of likely N-dealkylation sites (N-methyl/N-ethyl adjacent to an activating group) is 2. The second-order valence-corrected chi connectivity index (χ2v) is 38.4. The minimum absolute atomic E-state index is 0.0877. The van der Waals surface area contributed by atoms with E-state index in [4.69, 9.17) is 17.7 Å². The molecule has 0 bridgehead atoms. The molecule has 0 fully saturated rings. The molecule has 110 heavy (non-hydrogen) atoms. The van der Waals surface area contributed by atoms with Gasteiger partial charge in [-0.25, -0.2) is 0 Å². The molecule has 6 aliphatic rings. The summed E-state index contributed by atoms with van der Waals surface area (Å²) in [6.45, 7) is 45.6. The first-order valence-electron chi connectivity index (χ1n) is 40.4. The molecule has 590 valence electrons. The smallest absolute Gasteiger partial charge is 0.151 e. The summed E-state index contributed by atoms with van der Waals surface area (Å²) in [5.41, 5.74) is 15.8. The van der Waals surface area contributed by atoms with Crippen molar-refractivity contribution in [2.24, 2.45) is 27.1 Å². The molecule has 0 saturated heterocycles. The van der Waals surface area contributed by atoms with Crippen molar-refractivity contribution in [1.82, 2.24) is 46.2 Å². The molecule has 0 spiro atoms. The number of rotatable bonds is 15. The lowest BCUT2D eigenvalue weighted by Crippen LogP contribution is -2.49. The summed E-state index contributed by atoms with van der Waals surface area (Å²) in [7, 11) is 10.6. The summed E-state index contributed by atoms with van der Waals surface area (Å²) >= 11 is 0. The van der Waals surface area contributed by atoms with E-state index in [0.29, 0.717) is 63.4 Å². The number of benzene rings is 5. The molecule has 0 amide bonds. The van der Waals surface area contributed by atoms with Crippen LogP contribution in [0.5, 0.6) is 0 Å². The van der Waals surface area contributed by atoms with Gasteiger partial charge in [0.05, 0.1) is 24.2 Å². The summed E-state index contributed by atoms with van der Waals surface area (Å²) < 4.78 is 24.0. The molecule has 14 heteroatoms. The Morgan fingerprint density at radius 1 is 0.400 bits per heavy atom. The Bertz CT molecular complexity index is 4900. The summed E-state index contributed by atoms with van der Waals surface area (Å²) in [5.74, 6) is 2.94. The molecule has 1 aliphatic carbocycles. The average Bonchev–Trinajstić information content (AvgIpc) is 1.63. The first kappa shape index (κ1) is 82.5. The molecule has 15 rings (SSSR count). The highest BCUT2D eigenvalue weighted by atomic mass is 16.3. The van der Waals surface area contributed by atoms with E-state index in [2.05, 4.69) is 359 Å². The molecule has 0 saturated carbocycles. The van der Waals surface area contributed by atoms with Gasteiger partial charge in [0.2, 0.25) is 0 Å². The third kappa shape index (κ3) is 21.0. The topological polar surface area (TPSA) is 129 Å². The van der Waals surface area contributed by atoms with Crippen LogP contribution < -0.4 is 42.1 Å². The third-order valence-corrected chi connectivity index (χ3v) is 21.1. The molecular weight excluding hydrogens is 1360 g/mol. The van der Waals surface area contributed by atoms with Gasteiger partial charge < -0.3 is 42.2 Å². The monoisotopic (exact) mass is 1490 g/mol. The van der Waals surface area contributed by atoms with Crippen LogP contribution in [0.4, 0.5) is 5.69 Å². The molecule has 9 heterocycles. The Labute approximate surface area is 658 Å². The number of fused-ring (bicyclic) bond motifs is 15. The minimum Gasteiger partial charge on any atom is -0.457 e. The molecule has 5 unspecified atom stereocenters. The van der Waals surface area contributed by atoms with E-state index < -0.39 is 0 Å². The van der Waals surface area contributed by atoms with Gasteiger partial charge in [-0.05, 0) is 184 Å². The number of anilines is 1. The molecule has 0 radical (unpaired) electrons. The summed E-state index contributed by atoms with van der Waals surface area (Å²) in [5, 5.41) is 24.7. The average molecular weight is 1490 g/mol. The van der Waals surface area contributed by atoms with Gasteiger partial charge >= 0.3 is 0 Å². The Hall–Kier alpha value is -8.50. The molecule has 10 atom stereocenters. The number of nitrogens with one attached hydrogen (secondary N) is 5. The van der Waals surface area contributed by atoms with E-state index in [9.17, 15) is 0 Å². The van der Waals surface area contributed by atoms with Crippen LogP contribution in [0.1, 0.15) is 222 Å². The van der Waals surface area contributed by atoms with Crippen molar-refractivity contribution >= 4 is 85.6 Å². The molecule has 14 nitrogen and oxygen atoms in total. The Kier molecular flexibility index (Phi) is 25.4. The van der Waals surface area contributed by atoms with E-state index in [0.717, 1.165) is 77.1 Å². The van der Waals surface area contributed by atoms with Crippen LogP contribution in [0, 0.1) is 27.1 Å². The van der Waals surface area contributed by atoms with Crippen LogP contribution in [0.15, 0.2) is 175 Å².